The first-order valence-corrected chi connectivity index (χ1v) is 10.4. The van der Waals surface area contributed by atoms with Gasteiger partial charge in [0, 0.05) is 37.4 Å². The lowest BCUT2D eigenvalue weighted by Crippen LogP contribution is -2.47. The predicted molar refractivity (Wildman–Crippen MR) is 107 cm³/mol. The van der Waals surface area contributed by atoms with Crippen LogP contribution in [0.15, 0.2) is 47.4 Å². The topological polar surface area (TPSA) is 69.7 Å². The van der Waals surface area contributed by atoms with Gasteiger partial charge >= 0.3 is 0 Å². The molecule has 144 valence electrons. The van der Waals surface area contributed by atoms with Gasteiger partial charge in [-0.2, -0.15) is 4.31 Å². The van der Waals surface area contributed by atoms with E-state index in [1.807, 2.05) is 33.0 Å². The number of benzene rings is 2. The lowest BCUT2D eigenvalue weighted by molar-refractivity contribution is 0.102. The van der Waals surface area contributed by atoms with Gasteiger partial charge in [0.05, 0.1) is 4.90 Å². The van der Waals surface area contributed by atoms with E-state index in [0.29, 0.717) is 37.4 Å². The van der Waals surface area contributed by atoms with Crippen LogP contribution in [0.5, 0.6) is 0 Å². The van der Waals surface area contributed by atoms with Crippen LogP contribution >= 0.6 is 0 Å². The molecule has 1 heterocycles. The van der Waals surface area contributed by atoms with Crippen LogP contribution in [0.3, 0.4) is 0 Å². The fourth-order valence-electron chi connectivity index (χ4n) is 3.00. The molecule has 3 rings (SSSR count). The van der Waals surface area contributed by atoms with Crippen molar-refractivity contribution in [1.29, 1.82) is 0 Å². The summed E-state index contributed by atoms with van der Waals surface area (Å²) in [6, 6.07) is 11.9. The largest absolute Gasteiger partial charge is 0.322 e. The summed E-state index contributed by atoms with van der Waals surface area (Å²) in [5.74, 6) is -0.257. The van der Waals surface area contributed by atoms with Crippen LogP contribution in [-0.4, -0.2) is 56.8 Å². The molecule has 0 aliphatic carbocycles. The molecule has 1 amide bonds. The van der Waals surface area contributed by atoms with Gasteiger partial charge in [0.1, 0.15) is 0 Å². The number of nitrogens with one attached hydrogen (secondary N) is 1. The van der Waals surface area contributed by atoms with E-state index in [4.69, 9.17) is 0 Å². The molecule has 1 N–H and O–H groups in total. The van der Waals surface area contributed by atoms with E-state index in [1.165, 1.54) is 10.4 Å². The first-order valence-electron chi connectivity index (χ1n) is 8.95. The summed E-state index contributed by atoms with van der Waals surface area (Å²) in [5.41, 5.74) is 3.17. The number of anilines is 1. The number of sulfonamides is 1. The number of likely N-dealkylation sites (N-methyl/N-ethyl adjacent to an activating group) is 1. The molecule has 0 spiro atoms. The minimum Gasteiger partial charge on any atom is -0.322 e. The molecule has 0 radical (unpaired) electrons. The summed E-state index contributed by atoms with van der Waals surface area (Å²) in [5, 5.41) is 2.80. The number of amides is 1. The summed E-state index contributed by atoms with van der Waals surface area (Å²) >= 11 is 0. The highest BCUT2D eigenvalue weighted by atomic mass is 32.2. The number of hydrogen-bond acceptors (Lipinski definition) is 4. The standard InChI is InChI=1S/C20H25N3O3S/c1-15-7-8-17(13-16(15)2)20(24)21-18-5-4-6-19(14-18)27(25,26)23-11-9-22(3)10-12-23/h4-8,13-14H,9-12H2,1-3H3,(H,21,24). The van der Waals surface area contributed by atoms with E-state index in [-0.39, 0.29) is 10.8 Å². The fourth-order valence-corrected chi connectivity index (χ4v) is 4.47. The highest BCUT2D eigenvalue weighted by molar-refractivity contribution is 7.89. The first kappa shape index (κ1) is 19.5. The Bertz CT molecular complexity index is 949. The van der Waals surface area contributed by atoms with E-state index >= 15 is 0 Å². The predicted octanol–water partition coefficient (Wildman–Crippen LogP) is 2.49. The maximum atomic E-state index is 12.9. The zero-order valence-corrected chi connectivity index (χ0v) is 16.7. The van der Waals surface area contributed by atoms with Crippen LogP contribution in [0.25, 0.3) is 0 Å². The molecule has 1 aliphatic heterocycles. The van der Waals surface area contributed by atoms with Crippen molar-refractivity contribution in [2.45, 2.75) is 18.7 Å². The van der Waals surface area contributed by atoms with Gasteiger partial charge in [-0.05, 0) is 62.4 Å². The van der Waals surface area contributed by atoms with Gasteiger partial charge in [0.25, 0.3) is 5.91 Å². The van der Waals surface area contributed by atoms with Crippen LogP contribution < -0.4 is 5.32 Å². The van der Waals surface area contributed by atoms with Crippen LogP contribution in [0, 0.1) is 13.8 Å². The molecule has 1 aliphatic rings. The minimum absolute atomic E-state index is 0.199. The smallest absolute Gasteiger partial charge is 0.255 e. The van der Waals surface area contributed by atoms with Gasteiger partial charge in [0.2, 0.25) is 10.0 Å². The number of nitrogens with zero attached hydrogens (tertiary/aromatic N) is 2. The average molecular weight is 388 g/mol. The molecule has 0 unspecified atom stereocenters. The Morgan fingerprint density at radius 1 is 0.963 bits per heavy atom. The number of carbonyl (C=O) groups is 1. The van der Waals surface area contributed by atoms with Crippen molar-refractivity contribution in [2.75, 3.05) is 38.5 Å². The Kier molecular flexibility index (Phi) is 5.64. The molecule has 2 aromatic carbocycles. The quantitative estimate of drug-likeness (QED) is 0.875. The highest BCUT2D eigenvalue weighted by Crippen LogP contribution is 2.21. The van der Waals surface area contributed by atoms with Crippen molar-refractivity contribution in [3.05, 3.63) is 59.2 Å². The second kappa shape index (κ2) is 7.80. The average Bonchev–Trinajstić information content (AvgIpc) is 2.64. The number of carbonyl (C=O) groups excluding carboxylic acids is 1. The molecular formula is C20H25N3O3S. The second-order valence-electron chi connectivity index (χ2n) is 6.99. The maximum absolute atomic E-state index is 12.9. The Morgan fingerprint density at radius 2 is 1.67 bits per heavy atom. The van der Waals surface area contributed by atoms with E-state index in [2.05, 4.69) is 10.2 Å². The Hall–Kier alpha value is -2.22. The molecule has 6 nitrogen and oxygen atoms in total. The normalized spacial score (nSPS) is 16.3. The summed E-state index contributed by atoms with van der Waals surface area (Å²) in [4.78, 5) is 14.8. The monoisotopic (exact) mass is 387 g/mol. The third-order valence-electron chi connectivity index (χ3n) is 4.96. The van der Waals surface area contributed by atoms with Crippen LogP contribution in [-0.2, 0) is 10.0 Å². The molecule has 7 heteroatoms. The Balaban J connectivity index is 1.79. The molecule has 27 heavy (non-hydrogen) atoms. The summed E-state index contributed by atoms with van der Waals surface area (Å²) in [6.07, 6.45) is 0. The summed E-state index contributed by atoms with van der Waals surface area (Å²) < 4.78 is 27.3. The number of piperazine rings is 1. The van der Waals surface area contributed by atoms with Crippen molar-refractivity contribution in [2.24, 2.45) is 0 Å². The number of aryl methyl sites for hydroxylation is 2. The summed E-state index contributed by atoms with van der Waals surface area (Å²) in [6.45, 7) is 6.31. The minimum atomic E-state index is -3.57. The van der Waals surface area contributed by atoms with E-state index in [9.17, 15) is 13.2 Å². The molecule has 1 saturated heterocycles. The lowest BCUT2D eigenvalue weighted by atomic mass is 10.1. The van der Waals surface area contributed by atoms with Crippen LogP contribution in [0.1, 0.15) is 21.5 Å². The van der Waals surface area contributed by atoms with Crippen LogP contribution in [0.4, 0.5) is 5.69 Å². The van der Waals surface area contributed by atoms with Gasteiger partial charge in [-0.15, -0.1) is 0 Å². The Labute approximate surface area is 160 Å². The van der Waals surface area contributed by atoms with Crippen molar-refractivity contribution in [1.82, 2.24) is 9.21 Å². The van der Waals surface area contributed by atoms with E-state index in [1.54, 1.807) is 24.3 Å². The van der Waals surface area contributed by atoms with Crippen LogP contribution in [0.2, 0.25) is 0 Å². The number of hydrogen-bond donors (Lipinski definition) is 1. The maximum Gasteiger partial charge on any atom is 0.255 e. The zero-order valence-electron chi connectivity index (χ0n) is 15.9. The summed E-state index contributed by atoms with van der Waals surface area (Å²) in [7, 11) is -1.59. The van der Waals surface area contributed by atoms with Crippen molar-refractivity contribution in [3.8, 4) is 0 Å². The Morgan fingerprint density at radius 3 is 2.33 bits per heavy atom. The molecule has 1 fully saturated rings. The van der Waals surface area contributed by atoms with Gasteiger partial charge in [-0.3, -0.25) is 4.79 Å². The zero-order chi connectivity index (χ0) is 19.6. The van der Waals surface area contributed by atoms with Gasteiger partial charge in [-0.1, -0.05) is 12.1 Å². The molecule has 0 bridgehead atoms. The molecule has 0 saturated carbocycles. The number of rotatable bonds is 4. The van der Waals surface area contributed by atoms with E-state index in [0.717, 1.165) is 11.1 Å². The second-order valence-corrected chi connectivity index (χ2v) is 8.93. The third kappa shape index (κ3) is 4.37. The first-order chi connectivity index (χ1) is 12.8. The van der Waals surface area contributed by atoms with Crippen molar-refractivity contribution < 1.29 is 13.2 Å². The SMILES string of the molecule is Cc1ccc(C(=O)Nc2cccc(S(=O)(=O)N3CCN(C)CC3)c2)cc1C. The van der Waals surface area contributed by atoms with E-state index < -0.39 is 10.0 Å². The fraction of sp³-hybridized carbons (Fsp3) is 0.350. The molecule has 2 aromatic rings. The molecular weight excluding hydrogens is 362 g/mol. The van der Waals surface area contributed by atoms with Crippen molar-refractivity contribution in [3.63, 3.8) is 0 Å². The highest BCUT2D eigenvalue weighted by Gasteiger charge is 2.27. The molecule has 0 atom stereocenters. The van der Waals surface area contributed by atoms with Crippen molar-refractivity contribution >= 4 is 21.6 Å². The van der Waals surface area contributed by atoms with Gasteiger partial charge < -0.3 is 10.2 Å². The molecule has 0 aromatic heterocycles. The third-order valence-corrected chi connectivity index (χ3v) is 6.86. The van der Waals surface area contributed by atoms with Gasteiger partial charge in [-0.25, -0.2) is 8.42 Å². The van der Waals surface area contributed by atoms with Gasteiger partial charge in [0.15, 0.2) is 0 Å². The lowest BCUT2D eigenvalue weighted by Gasteiger charge is -2.31.